The van der Waals surface area contributed by atoms with Gasteiger partial charge in [0, 0.05) is 31.4 Å². The summed E-state index contributed by atoms with van der Waals surface area (Å²) in [7, 11) is 0. The standard InChI is InChI=1S/C31H32F2N4O4/c32-22-11-10-20(24(33)14-22)12-13-34-30(39)23-16-36-17-26-35-15-21-8-4-5-9-25(21)37(26)31(40)27(36)29(28(23)38)41-18-19-6-2-1-3-7-19/h1-3,6-7,10-11,14,16,21,25-26,35H,4-5,8-9,12-13,15,17-18H2,(H,34,39)/t21-,25-,26-/m0/s1. The van der Waals surface area contributed by atoms with Gasteiger partial charge in [-0.1, -0.05) is 49.2 Å². The highest BCUT2D eigenvalue weighted by Gasteiger charge is 2.46. The minimum Gasteiger partial charge on any atom is -0.483 e. The minimum atomic E-state index is -0.701. The molecule has 0 spiro atoms. The molecule has 0 unspecified atom stereocenters. The second-order valence-electron chi connectivity index (χ2n) is 11.0. The molecule has 3 atom stereocenters. The van der Waals surface area contributed by atoms with Crippen molar-refractivity contribution in [1.29, 1.82) is 0 Å². The predicted molar refractivity (Wildman–Crippen MR) is 148 cm³/mol. The van der Waals surface area contributed by atoms with E-state index in [2.05, 4.69) is 10.6 Å². The molecule has 10 heteroatoms. The van der Waals surface area contributed by atoms with E-state index in [1.807, 2.05) is 35.2 Å². The first-order valence-corrected chi connectivity index (χ1v) is 14.1. The molecule has 214 valence electrons. The fraction of sp³-hybridized carbons (Fsp3) is 0.387. The first-order chi connectivity index (χ1) is 19.9. The molecule has 0 bridgehead atoms. The normalized spacial score (nSPS) is 21.5. The summed E-state index contributed by atoms with van der Waals surface area (Å²) in [6, 6.07) is 12.7. The molecular formula is C31H32F2N4O4. The van der Waals surface area contributed by atoms with Gasteiger partial charge < -0.3 is 19.5 Å². The number of ether oxygens (including phenoxy) is 1. The topological polar surface area (TPSA) is 92.7 Å². The van der Waals surface area contributed by atoms with Crippen LogP contribution in [-0.4, -0.2) is 46.6 Å². The lowest BCUT2D eigenvalue weighted by Crippen LogP contribution is -2.66. The van der Waals surface area contributed by atoms with E-state index in [4.69, 9.17) is 4.74 Å². The van der Waals surface area contributed by atoms with Crippen LogP contribution in [0.4, 0.5) is 8.78 Å². The zero-order chi connectivity index (χ0) is 28.5. The highest BCUT2D eigenvalue weighted by Crippen LogP contribution is 2.36. The number of pyridine rings is 1. The number of fused-ring (bicyclic) bond motifs is 4. The molecule has 1 saturated carbocycles. The molecule has 3 aromatic rings. The van der Waals surface area contributed by atoms with Crippen LogP contribution in [0.15, 0.2) is 59.5 Å². The van der Waals surface area contributed by atoms with Crippen molar-refractivity contribution in [3.8, 4) is 5.75 Å². The molecule has 1 aromatic heterocycles. The van der Waals surface area contributed by atoms with Crippen molar-refractivity contribution in [1.82, 2.24) is 20.1 Å². The summed E-state index contributed by atoms with van der Waals surface area (Å²) >= 11 is 0. The quantitative estimate of drug-likeness (QED) is 0.459. The summed E-state index contributed by atoms with van der Waals surface area (Å²) in [6.45, 7) is 1.27. The van der Waals surface area contributed by atoms with Gasteiger partial charge in [0.2, 0.25) is 5.43 Å². The van der Waals surface area contributed by atoms with Crippen molar-refractivity contribution in [3.63, 3.8) is 0 Å². The Bertz CT molecular complexity index is 1530. The van der Waals surface area contributed by atoms with Gasteiger partial charge in [-0.25, -0.2) is 8.78 Å². The van der Waals surface area contributed by atoms with E-state index in [1.54, 1.807) is 4.57 Å². The number of hydrogen-bond acceptors (Lipinski definition) is 5. The van der Waals surface area contributed by atoms with Crippen LogP contribution in [0.1, 0.15) is 57.7 Å². The maximum absolute atomic E-state index is 14.0. The summed E-state index contributed by atoms with van der Waals surface area (Å²) in [5, 5.41) is 6.16. The van der Waals surface area contributed by atoms with Crippen LogP contribution >= 0.6 is 0 Å². The monoisotopic (exact) mass is 562 g/mol. The summed E-state index contributed by atoms with van der Waals surface area (Å²) in [4.78, 5) is 42.9. The van der Waals surface area contributed by atoms with Gasteiger partial charge in [-0.2, -0.15) is 0 Å². The van der Waals surface area contributed by atoms with Gasteiger partial charge in [0.15, 0.2) is 11.4 Å². The number of nitrogens with zero attached hydrogens (tertiary/aromatic N) is 2. The molecule has 3 heterocycles. The molecule has 0 radical (unpaired) electrons. The smallest absolute Gasteiger partial charge is 0.276 e. The van der Waals surface area contributed by atoms with E-state index < -0.39 is 23.0 Å². The fourth-order valence-electron chi connectivity index (χ4n) is 6.32. The SMILES string of the molecule is O=C(NCCc1ccc(F)cc1F)c1cn2c(c(OCc3ccccc3)c1=O)C(=O)N1[C@@H](C2)NC[C@@H]2CCCC[C@@H]21. The van der Waals surface area contributed by atoms with Gasteiger partial charge in [-0.3, -0.25) is 19.7 Å². The largest absolute Gasteiger partial charge is 0.483 e. The van der Waals surface area contributed by atoms with Crippen LogP contribution < -0.4 is 20.8 Å². The van der Waals surface area contributed by atoms with Gasteiger partial charge in [-0.05, 0) is 42.4 Å². The van der Waals surface area contributed by atoms with Crippen LogP contribution in [0.3, 0.4) is 0 Å². The maximum Gasteiger partial charge on any atom is 0.276 e. The maximum atomic E-state index is 14.0. The molecule has 3 aliphatic rings. The molecular weight excluding hydrogens is 530 g/mol. The lowest BCUT2D eigenvalue weighted by molar-refractivity contribution is -0.00362. The second-order valence-corrected chi connectivity index (χ2v) is 11.0. The van der Waals surface area contributed by atoms with E-state index in [1.165, 1.54) is 12.3 Å². The number of aromatic nitrogens is 1. The van der Waals surface area contributed by atoms with Crippen molar-refractivity contribution >= 4 is 11.8 Å². The molecule has 2 aromatic carbocycles. The molecule has 41 heavy (non-hydrogen) atoms. The average Bonchev–Trinajstić information content (AvgIpc) is 2.98. The third-order valence-corrected chi connectivity index (χ3v) is 8.39. The molecule has 2 fully saturated rings. The Morgan fingerprint density at radius 2 is 1.88 bits per heavy atom. The number of nitrogens with one attached hydrogen (secondary N) is 2. The van der Waals surface area contributed by atoms with E-state index in [0.717, 1.165) is 49.9 Å². The van der Waals surface area contributed by atoms with Crippen molar-refractivity contribution in [3.05, 3.63) is 99.0 Å². The highest BCUT2D eigenvalue weighted by atomic mass is 19.1. The Morgan fingerprint density at radius 3 is 2.68 bits per heavy atom. The average molecular weight is 563 g/mol. The summed E-state index contributed by atoms with van der Waals surface area (Å²) < 4.78 is 35.0. The first kappa shape index (κ1) is 27.1. The number of carbonyl (C=O) groups is 2. The Labute approximate surface area is 236 Å². The molecule has 2 aliphatic heterocycles. The van der Waals surface area contributed by atoms with Gasteiger partial charge >= 0.3 is 0 Å². The number of halogens is 2. The van der Waals surface area contributed by atoms with Crippen molar-refractivity contribution in [2.24, 2.45) is 5.92 Å². The van der Waals surface area contributed by atoms with Crippen molar-refractivity contribution < 1.29 is 23.1 Å². The van der Waals surface area contributed by atoms with Crippen LogP contribution in [0, 0.1) is 17.6 Å². The summed E-state index contributed by atoms with van der Waals surface area (Å²) in [5.74, 6) is -2.09. The van der Waals surface area contributed by atoms with Crippen LogP contribution in [-0.2, 0) is 19.6 Å². The van der Waals surface area contributed by atoms with E-state index >= 15 is 0 Å². The van der Waals surface area contributed by atoms with Gasteiger partial charge in [-0.15, -0.1) is 0 Å². The summed E-state index contributed by atoms with van der Waals surface area (Å²) in [5.41, 5.74) is 0.379. The van der Waals surface area contributed by atoms with Crippen molar-refractivity contribution in [2.45, 2.75) is 57.5 Å². The zero-order valence-electron chi connectivity index (χ0n) is 22.6. The lowest BCUT2D eigenvalue weighted by Gasteiger charge is -2.51. The van der Waals surface area contributed by atoms with Crippen LogP contribution in [0.5, 0.6) is 5.75 Å². The number of amides is 2. The molecule has 8 nitrogen and oxygen atoms in total. The minimum absolute atomic E-state index is 0.0305. The molecule has 1 saturated heterocycles. The van der Waals surface area contributed by atoms with Crippen LogP contribution in [0.2, 0.25) is 0 Å². The Balaban J connectivity index is 1.31. The second kappa shape index (κ2) is 11.4. The number of carbonyl (C=O) groups excluding carboxylic acids is 2. The summed E-state index contributed by atoms with van der Waals surface area (Å²) in [6.07, 6.45) is 5.46. The van der Waals surface area contributed by atoms with E-state index in [9.17, 15) is 23.2 Å². The predicted octanol–water partition coefficient (Wildman–Crippen LogP) is 3.62. The van der Waals surface area contributed by atoms with Gasteiger partial charge in [0.1, 0.15) is 30.0 Å². The first-order valence-electron chi connectivity index (χ1n) is 14.1. The fourth-order valence-corrected chi connectivity index (χ4v) is 6.32. The van der Waals surface area contributed by atoms with Crippen molar-refractivity contribution in [2.75, 3.05) is 13.1 Å². The molecule has 6 rings (SSSR count). The Morgan fingerprint density at radius 1 is 1.07 bits per heavy atom. The molecule has 2 N–H and O–H groups in total. The number of benzene rings is 2. The van der Waals surface area contributed by atoms with Crippen LogP contribution in [0.25, 0.3) is 0 Å². The van der Waals surface area contributed by atoms with Gasteiger partial charge in [0.05, 0.1) is 6.54 Å². The third kappa shape index (κ3) is 5.36. The van der Waals surface area contributed by atoms with Gasteiger partial charge in [0.25, 0.3) is 11.8 Å². The zero-order valence-corrected chi connectivity index (χ0v) is 22.6. The molecule has 1 aliphatic carbocycles. The Hall–Kier alpha value is -4.05. The number of rotatable bonds is 7. The number of hydrogen-bond donors (Lipinski definition) is 2. The lowest BCUT2D eigenvalue weighted by atomic mass is 9.81. The third-order valence-electron chi connectivity index (χ3n) is 8.39. The molecule has 2 amide bonds. The van der Waals surface area contributed by atoms with E-state index in [0.29, 0.717) is 12.5 Å². The van der Waals surface area contributed by atoms with E-state index in [-0.39, 0.29) is 60.3 Å². The Kier molecular flexibility index (Phi) is 7.57. The highest BCUT2D eigenvalue weighted by molar-refractivity contribution is 5.99.